The lowest BCUT2D eigenvalue weighted by Gasteiger charge is -2.12. The van der Waals surface area contributed by atoms with E-state index in [1.165, 1.54) is 10.8 Å². The van der Waals surface area contributed by atoms with Crippen LogP contribution in [-0.4, -0.2) is 33.9 Å². The Morgan fingerprint density at radius 1 is 1.24 bits per heavy atom. The highest BCUT2D eigenvalue weighted by molar-refractivity contribution is 5.80. The molecule has 0 aliphatic heterocycles. The van der Waals surface area contributed by atoms with Crippen LogP contribution < -0.4 is 16.0 Å². The summed E-state index contributed by atoms with van der Waals surface area (Å²) in [5.74, 6) is 0.438. The Kier molecular flexibility index (Phi) is 4.74. The number of rotatable bonds is 6. The van der Waals surface area contributed by atoms with Gasteiger partial charge in [0, 0.05) is 19.9 Å². The van der Waals surface area contributed by atoms with E-state index in [-0.39, 0.29) is 6.54 Å². The molecule has 2 heterocycles. The summed E-state index contributed by atoms with van der Waals surface area (Å²) in [7, 11) is 1.59. The Hall–Kier alpha value is -2.15. The number of hydrogen-bond donors (Lipinski definition) is 0. The summed E-state index contributed by atoms with van der Waals surface area (Å²) < 4.78 is 13.2. The third kappa shape index (κ3) is 2.82. The highest BCUT2D eigenvalue weighted by Gasteiger charge is 2.15. The summed E-state index contributed by atoms with van der Waals surface area (Å²) in [6.45, 7) is 5.17. The van der Waals surface area contributed by atoms with Crippen LogP contribution in [0, 0.1) is 0 Å². The molecule has 0 saturated heterocycles. The maximum Gasteiger partial charge on any atom is 0.332 e. The van der Waals surface area contributed by atoms with Crippen molar-refractivity contribution in [3.05, 3.63) is 33.1 Å². The molecule has 114 valence electrons. The van der Waals surface area contributed by atoms with Gasteiger partial charge in [-0.1, -0.05) is 0 Å². The summed E-state index contributed by atoms with van der Waals surface area (Å²) in [5.41, 5.74) is -0.485. The standard InChI is InChI=1S/C14H19N3O4/c1-4-20-9-8-17-13(18)11-10(21-5-2)6-7-15-12(11)16(3)14(17)19/h6-7H,4-5,8-9H2,1-3H3. The highest BCUT2D eigenvalue weighted by Crippen LogP contribution is 2.18. The molecule has 0 radical (unpaired) electrons. The minimum absolute atomic E-state index is 0.204. The molecule has 7 heteroatoms. The second-order valence-corrected chi connectivity index (χ2v) is 4.44. The van der Waals surface area contributed by atoms with Crippen LogP contribution in [0.15, 0.2) is 21.9 Å². The summed E-state index contributed by atoms with van der Waals surface area (Å²) in [6.07, 6.45) is 1.52. The van der Waals surface area contributed by atoms with E-state index >= 15 is 0 Å². The van der Waals surface area contributed by atoms with Gasteiger partial charge in [0.15, 0.2) is 5.65 Å². The molecule has 2 aromatic rings. The van der Waals surface area contributed by atoms with Gasteiger partial charge >= 0.3 is 5.69 Å². The normalized spacial score (nSPS) is 11.0. The first-order valence-corrected chi connectivity index (χ1v) is 6.90. The molecule has 0 amide bonds. The van der Waals surface area contributed by atoms with E-state index < -0.39 is 11.2 Å². The Balaban J connectivity index is 2.68. The number of aromatic nitrogens is 3. The minimum atomic E-state index is -0.409. The Morgan fingerprint density at radius 2 is 2.00 bits per heavy atom. The van der Waals surface area contributed by atoms with E-state index in [9.17, 15) is 9.59 Å². The molecule has 0 spiro atoms. The van der Waals surface area contributed by atoms with Crippen molar-refractivity contribution in [2.24, 2.45) is 7.05 Å². The van der Waals surface area contributed by atoms with Crippen molar-refractivity contribution in [1.82, 2.24) is 14.1 Å². The summed E-state index contributed by atoms with van der Waals surface area (Å²) in [5, 5.41) is 0.318. The second kappa shape index (κ2) is 6.53. The fourth-order valence-electron chi connectivity index (χ4n) is 2.16. The van der Waals surface area contributed by atoms with Crippen molar-refractivity contribution in [1.29, 1.82) is 0 Å². The average molecular weight is 293 g/mol. The zero-order valence-electron chi connectivity index (χ0n) is 12.5. The van der Waals surface area contributed by atoms with Gasteiger partial charge in [-0.2, -0.15) is 0 Å². The fourth-order valence-corrected chi connectivity index (χ4v) is 2.16. The molecular formula is C14H19N3O4. The highest BCUT2D eigenvalue weighted by atomic mass is 16.5. The monoisotopic (exact) mass is 293 g/mol. The van der Waals surface area contributed by atoms with Gasteiger partial charge in [0.2, 0.25) is 0 Å². The van der Waals surface area contributed by atoms with Gasteiger partial charge in [-0.3, -0.25) is 13.9 Å². The van der Waals surface area contributed by atoms with E-state index in [1.807, 2.05) is 13.8 Å². The van der Waals surface area contributed by atoms with E-state index in [0.29, 0.717) is 36.6 Å². The quantitative estimate of drug-likeness (QED) is 0.726. The van der Waals surface area contributed by atoms with E-state index in [2.05, 4.69) is 4.98 Å². The molecule has 0 saturated carbocycles. The smallest absolute Gasteiger partial charge is 0.332 e. The van der Waals surface area contributed by atoms with Crippen molar-refractivity contribution >= 4 is 11.0 Å². The molecule has 2 aromatic heterocycles. The van der Waals surface area contributed by atoms with E-state index in [0.717, 1.165) is 4.57 Å². The van der Waals surface area contributed by atoms with Gasteiger partial charge < -0.3 is 9.47 Å². The number of aryl methyl sites for hydroxylation is 1. The van der Waals surface area contributed by atoms with Gasteiger partial charge in [0.25, 0.3) is 5.56 Å². The van der Waals surface area contributed by atoms with Crippen molar-refractivity contribution in [2.45, 2.75) is 20.4 Å². The molecule has 0 atom stereocenters. The van der Waals surface area contributed by atoms with Gasteiger partial charge in [0.05, 0.1) is 19.8 Å². The Bertz CT molecular complexity index is 748. The number of ether oxygens (including phenoxy) is 2. The Morgan fingerprint density at radius 3 is 2.67 bits per heavy atom. The number of hydrogen-bond acceptors (Lipinski definition) is 5. The topological polar surface area (TPSA) is 75.3 Å². The number of nitrogens with zero attached hydrogens (tertiary/aromatic N) is 3. The zero-order chi connectivity index (χ0) is 15.4. The lowest BCUT2D eigenvalue weighted by molar-refractivity contribution is 0.137. The van der Waals surface area contributed by atoms with Crippen molar-refractivity contribution in [3.63, 3.8) is 0 Å². The van der Waals surface area contributed by atoms with Crippen LogP contribution in [-0.2, 0) is 18.3 Å². The molecular weight excluding hydrogens is 274 g/mol. The minimum Gasteiger partial charge on any atom is -0.493 e. The SMILES string of the molecule is CCOCCn1c(=O)c2c(OCC)ccnc2n(C)c1=O. The van der Waals surface area contributed by atoms with E-state index in [1.54, 1.807) is 13.1 Å². The van der Waals surface area contributed by atoms with Gasteiger partial charge in [-0.25, -0.2) is 9.78 Å². The summed E-state index contributed by atoms with van der Waals surface area (Å²) in [6, 6.07) is 1.63. The predicted octanol–water partition coefficient (Wildman–Crippen LogP) is 0.530. The fraction of sp³-hybridized carbons (Fsp3) is 0.500. The molecule has 2 rings (SSSR count). The molecule has 0 bridgehead atoms. The molecule has 21 heavy (non-hydrogen) atoms. The van der Waals surface area contributed by atoms with Crippen LogP contribution >= 0.6 is 0 Å². The van der Waals surface area contributed by atoms with Crippen LogP contribution in [0.5, 0.6) is 5.75 Å². The van der Waals surface area contributed by atoms with Crippen LogP contribution in [0.4, 0.5) is 0 Å². The third-order valence-corrected chi connectivity index (χ3v) is 3.15. The molecule has 0 aromatic carbocycles. The number of fused-ring (bicyclic) bond motifs is 1. The summed E-state index contributed by atoms with van der Waals surface area (Å²) >= 11 is 0. The first-order chi connectivity index (χ1) is 10.1. The molecule has 7 nitrogen and oxygen atoms in total. The Labute approximate surface area is 121 Å². The van der Waals surface area contributed by atoms with Crippen LogP contribution in [0.2, 0.25) is 0 Å². The average Bonchev–Trinajstić information content (AvgIpc) is 2.48. The van der Waals surface area contributed by atoms with Crippen LogP contribution in [0.3, 0.4) is 0 Å². The van der Waals surface area contributed by atoms with Crippen molar-refractivity contribution in [3.8, 4) is 5.75 Å². The first-order valence-electron chi connectivity index (χ1n) is 6.90. The van der Waals surface area contributed by atoms with Gasteiger partial charge in [0.1, 0.15) is 11.1 Å². The maximum absolute atomic E-state index is 12.6. The lowest BCUT2D eigenvalue weighted by Crippen LogP contribution is -2.40. The molecule has 0 aliphatic rings. The lowest BCUT2D eigenvalue weighted by atomic mass is 10.3. The molecule has 0 N–H and O–H groups in total. The first kappa shape index (κ1) is 15.2. The summed E-state index contributed by atoms with van der Waals surface area (Å²) in [4.78, 5) is 28.9. The largest absolute Gasteiger partial charge is 0.493 e. The predicted molar refractivity (Wildman–Crippen MR) is 78.9 cm³/mol. The van der Waals surface area contributed by atoms with E-state index in [4.69, 9.17) is 9.47 Å². The molecule has 0 fully saturated rings. The molecule has 0 aliphatic carbocycles. The third-order valence-electron chi connectivity index (χ3n) is 3.15. The van der Waals surface area contributed by atoms with Crippen LogP contribution in [0.1, 0.15) is 13.8 Å². The number of pyridine rings is 1. The van der Waals surface area contributed by atoms with Gasteiger partial charge in [-0.05, 0) is 19.9 Å². The van der Waals surface area contributed by atoms with Crippen molar-refractivity contribution < 1.29 is 9.47 Å². The van der Waals surface area contributed by atoms with Gasteiger partial charge in [-0.15, -0.1) is 0 Å². The van der Waals surface area contributed by atoms with Crippen molar-refractivity contribution in [2.75, 3.05) is 19.8 Å². The zero-order valence-corrected chi connectivity index (χ0v) is 12.5. The van der Waals surface area contributed by atoms with Crippen LogP contribution in [0.25, 0.3) is 11.0 Å². The second-order valence-electron chi connectivity index (χ2n) is 4.44. The maximum atomic E-state index is 12.6. The molecule has 0 unspecified atom stereocenters.